The zero-order valence-electron chi connectivity index (χ0n) is 31.7. The van der Waals surface area contributed by atoms with Gasteiger partial charge in [-0.25, -0.2) is 4.79 Å². The van der Waals surface area contributed by atoms with Crippen molar-refractivity contribution in [2.75, 3.05) is 7.11 Å². The highest BCUT2D eigenvalue weighted by atomic mass is 16.6. The number of benzene rings is 1. The second-order valence-corrected chi connectivity index (χ2v) is 18.1. The van der Waals surface area contributed by atoms with Crippen LogP contribution in [0.4, 0.5) is 0 Å². The fourth-order valence-electron chi connectivity index (χ4n) is 12.9. The van der Waals surface area contributed by atoms with Gasteiger partial charge in [-0.15, -0.1) is 0 Å². The monoisotopic (exact) mass is 702 g/mol. The molecule has 4 fully saturated rings. The van der Waals surface area contributed by atoms with Crippen LogP contribution in [0.15, 0.2) is 42.1 Å². The lowest BCUT2D eigenvalue weighted by atomic mass is 9.33. The van der Waals surface area contributed by atoms with E-state index in [2.05, 4.69) is 44.1 Å². The zero-order chi connectivity index (χ0) is 36.9. The second kappa shape index (κ2) is 11.9. The number of H-pyrrole nitrogens is 1. The number of rotatable bonds is 5. The van der Waals surface area contributed by atoms with Gasteiger partial charge in [0.25, 0.3) is 0 Å². The van der Waals surface area contributed by atoms with Crippen molar-refractivity contribution >= 4 is 28.7 Å². The molecule has 5 aliphatic rings. The summed E-state index contributed by atoms with van der Waals surface area (Å²) < 4.78 is 11.3. The van der Waals surface area contributed by atoms with Crippen LogP contribution in [0.25, 0.3) is 10.9 Å². The number of aromatic nitrogens is 1. The average molecular weight is 703 g/mol. The number of carbonyl (C=O) groups excluding carboxylic acids is 3. The average Bonchev–Trinajstić information content (AvgIpc) is 3.50. The van der Waals surface area contributed by atoms with Crippen LogP contribution < -0.4 is 5.32 Å². The summed E-state index contributed by atoms with van der Waals surface area (Å²) in [4.78, 5) is 44.0. The quantitative estimate of drug-likeness (QED) is 0.196. The molecular weight excluding hydrogens is 644 g/mol. The Hall–Kier alpha value is -3.17. The number of fused-ring (bicyclic) bond motifs is 8. The molecule has 0 aliphatic heterocycles. The molecular formula is C42H58N2O7. The molecule has 0 saturated heterocycles. The van der Waals surface area contributed by atoms with Gasteiger partial charge in [0.2, 0.25) is 5.91 Å². The Kier molecular flexibility index (Phi) is 8.46. The Bertz CT molecular complexity index is 1780. The molecule has 4 saturated carbocycles. The topological polar surface area (TPSA) is 138 Å². The number of allylic oxidation sites excluding steroid dienone is 1. The Morgan fingerprint density at radius 1 is 0.961 bits per heavy atom. The van der Waals surface area contributed by atoms with Gasteiger partial charge in [-0.3, -0.25) is 9.59 Å². The molecule has 0 bridgehead atoms. The lowest BCUT2D eigenvalue weighted by Gasteiger charge is -2.71. The van der Waals surface area contributed by atoms with Gasteiger partial charge in [-0.05, 0) is 106 Å². The zero-order valence-corrected chi connectivity index (χ0v) is 31.7. The van der Waals surface area contributed by atoms with Crippen molar-refractivity contribution < 1.29 is 34.1 Å². The van der Waals surface area contributed by atoms with Crippen molar-refractivity contribution in [2.24, 2.45) is 45.3 Å². The number of para-hydroxylation sites is 1. The Morgan fingerprint density at radius 2 is 1.69 bits per heavy atom. The smallest absolute Gasteiger partial charge is 0.333 e. The van der Waals surface area contributed by atoms with E-state index in [9.17, 15) is 19.8 Å². The molecule has 2 aromatic rings. The molecule has 9 heteroatoms. The molecule has 1 aromatic carbocycles. The number of carbonyl (C=O) groups is 3. The lowest BCUT2D eigenvalue weighted by Crippen LogP contribution is -2.69. The fourth-order valence-corrected chi connectivity index (χ4v) is 12.9. The summed E-state index contributed by atoms with van der Waals surface area (Å²) in [6.07, 6.45) is 10.1. The highest BCUT2D eigenvalue weighted by Gasteiger charge is 2.72. The molecule has 0 spiro atoms. The summed E-state index contributed by atoms with van der Waals surface area (Å²) in [5, 5.41) is 27.9. The summed E-state index contributed by atoms with van der Waals surface area (Å²) in [6, 6.07) is 6.71. The van der Waals surface area contributed by atoms with Gasteiger partial charge in [0.1, 0.15) is 5.60 Å². The van der Waals surface area contributed by atoms with E-state index in [4.69, 9.17) is 9.47 Å². The third-order valence-corrected chi connectivity index (χ3v) is 16.1. The Morgan fingerprint density at radius 3 is 2.39 bits per heavy atom. The van der Waals surface area contributed by atoms with Gasteiger partial charge < -0.3 is 30.0 Å². The maximum Gasteiger partial charge on any atom is 0.333 e. The van der Waals surface area contributed by atoms with E-state index in [0.29, 0.717) is 31.2 Å². The number of hydrogen-bond donors (Lipinski definition) is 4. The molecule has 4 N–H and O–H groups in total. The van der Waals surface area contributed by atoms with Crippen molar-refractivity contribution in [2.45, 2.75) is 130 Å². The van der Waals surface area contributed by atoms with E-state index in [-0.39, 0.29) is 45.9 Å². The van der Waals surface area contributed by atoms with Crippen molar-refractivity contribution in [3.05, 3.63) is 47.7 Å². The van der Waals surface area contributed by atoms with Gasteiger partial charge in [0, 0.05) is 41.4 Å². The largest absolute Gasteiger partial charge is 0.467 e. The number of ether oxygens (including phenoxy) is 2. The van der Waals surface area contributed by atoms with Crippen LogP contribution in [-0.2, 0) is 23.9 Å². The Labute approximate surface area is 302 Å². The van der Waals surface area contributed by atoms with E-state index >= 15 is 4.79 Å². The van der Waals surface area contributed by atoms with Gasteiger partial charge in [-0.2, -0.15) is 0 Å². The number of aliphatic hydroxyl groups is 2. The molecule has 12 atom stereocenters. The molecule has 0 radical (unpaired) electrons. The van der Waals surface area contributed by atoms with Gasteiger partial charge >= 0.3 is 11.9 Å². The summed E-state index contributed by atoms with van der Waals surface area (Å²) in [7, 11) is 1.34. The first-order valence-electron chi connectivity index (χ1n) is 19.2. The highest BCUT2D eigenvalue weighted by Crippen LogP contribution is 2.75. The number of esters is 2. The van der Waals surface area contributed by atoms with E-state index in [0.717, 1.165) is 43.0 Å². The van der Waals surface area contributed by atoms with Crippen LogP contribution in [0.5, 0.6) is 0 Å². The predicted molar refractivity (Wildman–Crippen MR) is 194 cm³/mol. The van der Waals surface area contributed by atoms with E-state index < -0.39 is 40.7 Å². The SMILES string of the molecule is COC(=O)C(NC(=O)[C@]12CC[C@@H](C)[C@@](C)(O)C1C1=CCC3[C@@]4(C)CC[C@H](O)[C@@](C)(OC(C)=O)C4CC[C@@]3(C)[C@]1(C)CC2)c1c[nH]c2ccccc12. The second-order valence-electron chi connectivity index (χ2n) is 18.1. The standard InChI is InChI=1S/C42H58N2O7/c1-24-15-20-42(36(48)44-33(35(47)50-8)27-23-43-29-12-10-9-11-26(27)29)22-21-38(4)28(34(42)40(24,6)49)13-14-30-37(3)18-17-32(46)41(7,51-25(2)45)31(37)16-19-39(30,38)5/h9-13,23-24,30-34,43,46,49H,14-22H2,1-8H3,(H,44,48)/t24-,30?,31?,32+,33?,34?,37-,38-,39-,40-,41+,42+/m1/s1. The van der Waals surface area contributed by atoms with Crippen LogP contribution in [0, 0.1) is 45.3 Å². The first-order valence-corrected chi connectivity index (χ1v) is 19.2. The summed E-state index contributed by atoms with van der Waals surface area (Å²) in [6.45, 7) is 14.5. The number of hydrogen-bond acceptors (Lipinski definition) is 7. The van der Waals surface area contributed by atoms with Crippen LogP contribution >= 0.6 is 0 Å². The van der Waals surface area contributed by atoms with Gasteiger partial charge in [0.05, 0.1) is 24.2 Å². The van der Waals surface area contributed by atoms with Crippen LogP contribution in [0.1, 0.15) is 118 Å². The first-order chi connectivity index (χ1) is 23.9. The van der Waals surface area contributed by atoms with Crippen LogP contribution in [0.2, 0.25) is 0 Å². The van der Waals surface area contributed by atoms with Gasteiger partial charge in [-0.1, -0.05) is 57.5 Å². The maximum atomic E-state index is 15.0. The number of nitrogens with one attached hydrogen (secondary N) is 2. The fraction of sp³-hybridized carbons (Fsp3) is 0.690. The third-order valence-electron chi connectivity index (χ3n) is 16.1. The number of methoxy groups -OCH3 is 1. The van der Waals surface area contributed by atoms with E-state index in [1.807, 2.05) is 38.1 Å². The molecule has 4 unspecified atom stereocenters. The molecule has 5 aliphatic carbocycles. The lowest BCUT2D eigenvalue weighted by molar-refractivity contribution is -0.247. The number of aliphatic hydroxyl groups excluding tert-OH is 1. The van der Waals surface area contributed by atoms with Crippen molar-refractivity contribution in [3.8, 4) is 0 Å². The molecule has 1 aromatic heterocycles. The minimum Gasteiger partial charge on any atom is -0.467 e. The molecule has 1 heterocycles. The van der Waals surface area contributed by atoms with Crippen LogP contribution in [0.3, 0.4) is 0 Å². The number of aromatic amines is 1. The predicted octanol–water partition coefficient (Wildman–Crippen LogP) is 6.93. The van der Waals surface area contributed by atoms with Gasteiger partial charge in [0.15, 0.2) is 6.04 Å². The molecule has 9 nitrogen and oxygen atoms in total. The minimum atomic E-state index is -1.15. The molecule has 278 valence electrons. The van der Waals surface area contributed by atoms with Crippen molar-refractivity contribution in [1.29, 1.82) is 0 Å². The number of amides is 1. The first kappa shape index (κ1) is 36.2. The molecule has 1 amide bonds. The minimum absolute atomic E-state index is 0.0142. The van der Waals surface area contributed by atoms with E-state index in [1.165, 1.54) is 19.6 Å². The van der Waals surface area contributed by atoms with Crippen molar-refractivity contribution in [1.82, 2.24) is 10.3 Å². The summed E-state index contributed by atoms with van der Waals surface area (Å²) in [5.41, 5.74) is -0.936. The summed E-state index contributed by atoms with van der Waals surface area (Å²) in [5.74, 6) is -1.28. The highest BCUT2D eigenvalue weighted by molar-refractivity contribution is 5.94. The maximum absolute atomic E-state index is 15.0. The normalized spacial score (nSPS) is 43.7. The summed E-state index contributed by atoms with van der Waals surface area (Å²) >= 11 is 0. The molecule has 7 rings (SSSR count). The Balaban J connectivity index is 1.29. The van der Waals surface area contributed by atoms with Crippen molar-refractivity contribution in [3.63, 3.8) is 0 Å². The molecule has 51 heavy (non-hydrogen) atoms. The third kappa shape index (κ3) is 4.88. The van der Waals surface area contributed by atoms with Crippen LogP contribution in [-0.4, -0.2) is 57.5 Å². The van der Waals surface area contributed by atoms with E-state index in [1.54, 1.807) is 6.20 Å².